The van der Waals surface area contributed by atoms with Crippen molar-refractivity contribution in [3.8, 4) is 0 Å². The first-order chi connectivity index (χ1) is 9.10. The first-order valence-electron chi connectivity index (χ1n) is 5.83. The predicted octanol–water partition coefficient (Wildman–Crippen LogP) is 2.34. The summed E-state index contributed by atoms with van der Waals surface area (Å²) in [6.07, 6.45) is 3.11. The molecule has 0 aliphatic rings. The molecule has 1 aromatic carbocycles. The minimum absolute atomic E-state index is 0.341. The van der Waals surface area contributed by atoms with Crippen LogP contribution in [0.1, 0.15) is 22.8 Å². The Morgan fingerprint density at radius 1 is 1.53 bits per heavy atom. The van der Waals surface area contributed by atoms with Crippen LogP contribution in [-0.4, -0.2) is 22.4 Å². The van der Waals surface area contributed by atoms with Crippen LogP contribution in [0.4, 0.5) is 5.69 Å². The third-order valence-corrected chi connectivity index (χ3v) is 2.82. The molecule has 0 aliphatic carbocycles. The van der Waals surface area contributed by atoms with Crippen LogP contribution in [-0.2, 0) is 11.3 Å². The number of benzene rings is 1. The van der Waals surface area contributed by atoms with E-state index < -0.39 is 0 Å². The lowest BCUT2D eigenvalue weighted by Gasteiger charge is -2.06. The van der Waals surface area contributed by atoms with Crippen molar-refractivity contribution in [1.29, 1.82) is 0 Å². The molecule has 0 aliphatic heterocycles. The highest BCUT2D eigenvalue weighted by molar-refractivity contribution is 6.30. The van der Waals surface area contributed by atoms with Gasteiger partial charge in [-0.1, -0.05) is 17.7 Å². The topological polar surface area (TPSA) is 70.1 Å². The highest BCUT2D eigenvalue weighted by atomic mass is 35.5. The Balaban J connectivity index is 2.13. The normalized spacial score (nSPS) is 10.4. The maximum Gasteiger partial charge on any atom is 0.341 e. The van der Waals surface area contributed by atoms with E-state index in [1.807, 2.05) is 6.07 Å². The van der Waals surface area contributed by atoms with Crippen molar-refractivity contribution in [2.24, 2.45) is 0 Å². The molecule has 0 saturated carbocycles. The Morgan fingerprint density at radius 3 is 3.00 bits per heavy atom. The van der Waals surface area contributed by atoms with Gasteiger partial charge >= 0.3 is 5.97 Å². The van der Waals surface area contributed by atoms with Crippen LogP contribution < -0.4 is 5.73 Å². The number of carbonyl (C=O) groups is 1. The van der Waals surface area contributed by atoms with E-state index in [1.54, 1.807) is 29.9 Å². The van der Waals surface area contributed by atoms with Gasteiger partial charge in [0.25, 0.3) is 0 Å². The number of nitrogens with two attached hydrogens (primary N) is 1. The van der Waals surface area contributed by atoms with Crippen LogP contribution in [0, 0.1) is 0 Å². The van der Waals surface area contributed by atoms with Gasteiger partial charge in [0.1, 0.15) is 0 Å². The summed E-state index contributed by atoms with van der Waals surface area (Å²) in [5.41, 5.74) is 7.78. The summed E-state index contributed by atoms with van der Waals surface area (Å²) in [6.45, 7) is 2.58. The van der Waals surface area contributed by atoms with Crippen molar-refractivity contribution >= 4 is 23.3 Å². The first-order valence-corrected chi connectivity index (χ1v) is 6.21. The van der Waals surface area contributed by atoms with Gasteiger partial charge in [-0.25, -0.2) is 4.79 Å². The molecule has 0 unspecified atom stereocenters. The molecule has 0 radical (unpaired) electrons. The lowest BCUT2D eigenvalue weighted by Crippen LogP contribution is -2.05. The average Bonchev–Trinajstić information content (AvgIpc) is 2.82. The molecule has 100 valence electrons. The van der Waals surface area contributed by atoms with Gasteiger partial charge in [0.2, 0.25) is 0 Å². The number of anilines is 1. The van der Waals surface area contributed by atoms with E-state index in [0.29, 0.717) is 29.4 Å². The van der Waals surface area contributed by atoms with Crippen molar-refractivity contribution < 1.29 is 9.53 Å². The first kappa shape index (κ1) is 13.4. The molecule has 1 heterocycles. The number of hydrogen-bond acceptors (Lipinski definition) is 4. The molecule has 19 heavy (non-hydrogen) atoms. The minimum atomic E-state index is -0.377. The van der Waals surface area contributed by atoms with Gasteiger partial charge in [-0.15, -0.1) is 0 Å². The smallest absolute Gasteiger partial charge is 0.341 e. The maximum absolute atomic E-state index is 11.5. The largest absolute Gasteiger partial charge is 0.462 e. The highest BCUT2D eigenvalue weighted by Gasteiger charge is 2.10. The Bertz CT molecular complexity index is 595. The van der Waals surface area contributed by atoms with Crippen LogP contribution in [0.5, 0.6) is 0 Å². The van der Waals surface area contributed by atoms with Gasteiger partial charge < -0.3 is 10.5 Å². The van der Waals surface area contributed by atoms with Gasteiger partial charge in [0.15, 0.2) is 0 Å². The number of nitrogen functional groups attached to an aromatic ring is 1. The predicted molar refractivity (Wildman–Crippen MR) is 73.1 cm³/mol. The summed E-state index contributed by atoms with van der Waals surface area (Å²) in [5, 5.41) is 4.70. The van der Waals surface area contributed by atoms with Gasteiger partial charge in [-0.3, -0.25) is 4.68 Å². The summed E-state index contributed by atoms with van der Waals surface area (Å²) in [5.74, 6) is -0.377. The van der Waals surface area contributed by atoms with Crippen LogP contribution in [0.2, 0.25) is 5.02 Å². The van der Waals surface area contributed by atoms with E-state index in [9.17, 15) is 4.79 Å². The van der Waals surface area contributed by atoms with E-state index in [-0.39, 0.29) is 5.97 Å². The Kier molecular flexibility index (Phi) is 4.06. The Labute approximate surface area is 115 Å². The SMILES string of the molecule is CCOC(=O)c1cnn(Cc2ccc(Cl)cc2N)c1. The molecular formula is C13H14ClN3O2. The van der Waals surface area contributed by atoms with E-state index in [2.05, 4.69) is 5.10 Å². The second-order valence-corrected chi connectivity index (χ2v) is 4.43. The zero-order valence-electron chi connectivity index (χ0n) is 10.5. The summed E-state index contributed by atoms with van der Waals surface area (Å²) in [7, 11) is 0. The molecule has 2 aromatic rings. The Morgan fingerprint density at radius 2 is 2.32 bits per heavy atom. The zero-order valence-corrected chi connectivity index (χ0v) is 11.2. The Hall–Kier alpha value is -2.01. The number of esters is 1. The fraction of sp³-hybridized carbons (Fsp3) is 0.231. The highest BCUT2D eigenvalue weighted by Crippen LogP contribution is 2.18. The van der Waals surface area contributed by atoms with E-state index in [0.717, 1.165) is 5.56 Å². The fourth-order valence-corrected chi connectivity index (χ4v) is 1.83. The molecule has 1 aromatic heterocycles. The third-order valence-electron chi connectivity index (χ3n) is 2.58. The minimum Gasteiger partial charge on any atom is -0.462 e. The third kappa shape index (κ3) is 3.26. The van der Waals surface area contributed by atoms with E-state index in [4.69, 9.17) is 22.1 Å². The number of halogens is 1. The van der Waals surface area contributed by atoms with Gasteiger partial charge in [-0.2, -0.15) is 5.10 Å². The molecule has 0 bridgehead atoms. The van der Waals surface area contributed by atoms with Gasteiger partial charge in [0, 0.05) is 16.9 Å². The number of carbonyl (C=O) groups excluding carboxylic acids is 1. The fourth-order valence-electron chi connectivity index (χ4n) is 1.65. The molecule has 0 spiro atoms. The van der Waals surface area contributed by atoms with Crippen molar-refractivity contribution in [3.05, 3.63) is 46.7 Å². The number of aromatic nitrogens is 2. The number of ether oxygens (including phenoxy) is 1. The molecule has 0 saturated heterocycles. The molecule has 5 nitrogen and oxygen atoms in total. The monoisotopic (exact) mass is 279 g/mol. The molecule has 0 fully saturated rings. The van der Waals surface area contributed by atoms with Crippen molar-refractivity contribution in [3.63, 3.8) is 0 Å². The molecule has 2 rings (SSSR count). The standard InChI is InChI=1S/C13H14ClN3O2/c1-2-19-13(18)10-6-16-17(8-10)7-9-3-4-11(14)5-12(9)15/h3-6,8H,2,7,15H2,1H3. The summed E-state index contributed by atoms with van der Waals surface area (Å²) >= 11 is 5.84. The van der Waals surface area contributed by atoms with Crippen LogP contribution in [0.3, 0.4) is 0 Å². The maximum atomic E-state index is 11.5. The molecule has 0 amide bonds. The summed E-state index contributed by atoms with van der Waals surface area (Å²) in [6, 6.07) is 5.29. The average molecular weight is 280 g/mol. The van der Waals surface area contributed by atoms with Gasteiger partial charge in [-0.05, 0) is 24.6 Å². The molecule has 6 heteroatoms. The van der Waals surface area contributed by atoms with Crippen LogP contribution >= 0.6 is 11.6 Å². The quantitative estimate of drug-likeness (QED) is 0.689. The zero-order chi connectivity index (χ0) is 13.8. The number of hydrogen-bond donors (Lipinski definition) is 1. The van der Waals surface area contributed by atoms with Crippen molar-refractivity contribution in [2.75, 3.05) is 12.3 Å². The second-order valence-electron chi connectivity index (χ2n) is 3.99. The lowest BCUT2D eigenvalue weighted by atomic mass is 10.2. The summed E-state index contributed by atoms with van der Waals surface area (Å²) in [4.78, 5) is 11.5. The molecule has 0 atom stereocenters. The number of rotatable bonds is 4. The van der Waals surface area contributed by atoms with E-state index >= 15 is 0 Å². The summed E-state index contributed by atoms with van der Waals surface area (Å²) < 4.78 is 6.53. The van der Waals surface area contributed by atoms with Crippen LogP contribution in [0.15, 0.2) is 30.6 Å². The van der Waals surface area contributed by atoms with Crippen molar-refractivity contribution in [1.82, 2.24) is 9.78 Å². The van der Waals surface area contributed by atoms with Gasteiger partial charge in [0.05, 0.1) is 24.9 Å². The molecule has 2 N–H and O–H groups in total. The number of nitrogens with zero attached hydrogens (tertiary/aromatic N) is 2. The lowest BCUT2D eigenvalue weighted by molar-refractivity contribution is 0.0526. The molecular weight excluding hydrogens is 266 g/mol. The van der Waals surface area contributed by atoms with E-state index in [1.165, 1.54) is 6.20 Å². The van der Waals surface area contributed by atoms with Crippen LogP contribution in [0.25, 0.3) is 0 Å². The second kappa shape index (κ2) is 5.75. The van der Waals surface area contributed by atoms with Crippen molar-refractivity contribution in [2.45, 2.75) is 13.5 Å².